The molecule has 2 aromatic carbocycles. The molecule has 0 saturated carbocycles. The van der Waals surface area contributed by atoms with Gasteiger partial charge in [0, 0.05) is 130 Å². The van der Waals surface area contributed by atoms with Gasteiger partial charge in [0.2, 0.25) is 0 Å². The number of aliphatic hydroxyl groups is 2. The molecule has 5 N–H and O–H groups in total. The zero-order valence-corrected chi connectivity index (χ0v) is 40.5. The van der Waals surface area contributed by atoms with Gasteiger partial charge in [-0.05, 0) is 87.8 Å². The molecule has 2 aliphatic rings. The average molecular weight is 952 g/mol. The highest BCUT2D eigenvalue weighted by Crippen LogP contribution is 2.32. The molecule has 0 spiro atoms. The number of nitrogens with one attached hydrogen (secondary N) is 3. The van der Waals surface area contributed by atoms with Crippen LogP contribution in [0.15, 0.2) is 110 Å². The van der Waals surface area contributed by atoms with E-state index in [1.165, 1.54) is 0 Å². The standard InChI is InChI=1S/C27H32N6O3.C26H33N5O3/c1-28-16-22(34)17-36-23-5-3-4-18(13-23)24-14-25(33(2)21-7-10-35-11-8-21)32-27(31-24)20-12-19-6-9-29-26(19)30-15-20;1-3-27-17-22(32)18-34-23-6-4-5-20(15-23)24-16-25(31(2)21-9-13-33-14-10-21)30-26(29-24)19-7-11-28-12-8-19/h3-6,9,12-15,21-22,28,34H,7-8,10-11,16-17H2,1-2H3,(H,29,30);4-8,11-12,15-16,21-22,27,32H,3,9-10,13-14,17-18H2,1-2H3. The normalized spacial score (nSPS) is 15.2. The molecular weight excluding hydrogens is 887 g/mol. The molecule has 17 heteroatoms. The van der Waals surface area contributed by atoms with Crippen molar-refractivity contribution in [1.29, 1.82) is 0 Å². The van der Waals surface area contributed by atoms with E-state index in [9.17, 15) is 10.2 Å². The first kappa shape index (κ1) is 49.8. The van der Waals surface area contributed by atoms with Crippen LogP contribution < -0.4 is 29.9 Å². The summed E-state index contributed by atoms with van der Waals surface area (Å²) >= 11 is 0. The molecule has 7 heterocycles. The van der Waals surface area contributed by atoms with Crippen LogP contribution in [0, 0.1) is 0 Å². The third-order valence-corrected chi connectivity index (χ3v) is 12.4. The molecule has 5 aromatic heterocycles. The van der Waals surface area contributed by atoms with Crippen LogP contribution in [0.25, 0.3) is 56.3 Å². The number of rotatable bonds is 19. The predicted octanol–water partition coefficient (Wildman–Crippen LogP) is 6.43. The minimum Gasteiger partial charge on any atom is -0.491 e. The lowest BCUT2D eigenvalue weighted by Crippen LogP contribution is -2.37. The predicted molar refractivity (Wildman–Crippen MR) is 273 cm³/mol. The van der Waals surface area contributed by atoms with Crippen molar-refractivity contribution in [3.05, 3.63) is 110 Å². The summed E-state index contributed by atoms with van der Waals surface area (Å²) in [6.07, 6.45) is 9.89. The maximum atomic E-state index is 10.1. The van der Waals surface area contributed by atoms with Gasteiger partial charge in [0.15, 0.2) is 11.6 Å². The number of fused-ring (bicyclic) bond motifs is 1. The molecule has 2 atom stereocenters. The van der Waals surface area contributed by atoms with Gasteiger partial charge in [0.05, 0.1) is 11.4 Å². The van der Waals surface area contributed by atoms with E-state index in [0.29, 0.717) is 48.3 Å². The lowest BCUT2D eigenvalue weighted by molar-refractivity contribution is 0.0852. The number of pyridine rings is 2. The molecule has 2 unspecified atom stereocenters. The summed E-state index contributed by atoms with van der Waals surface area (Å²) in [6.45, 7) is 7.26. The third-order valence-electron chi connectivity index (χ3n) is 12.4. The van der Waals surface area contributed by atoms with E-state index < -0.39 is 12.2 Å². The number of anilines is 2. The summed E-state index contributed by atoms with van der Waals surface area (Å²) in [5.41, 5.74) is 6.05. The van der Waals surface area contributed by atoms with Gasteiger partial charge in [-0.1, -0.05) is 31.2 Å². The monoisotopic (exact) mass is 952 g/mol. The van der Waals surface area contributed by atoms with Crippen molar-refractivity contribution in [2.45, 2.75) is 56.9 Å². The van der Waals surface area contributed by atoms with Gasteiger partial charge < -0.3 is 54.6 Å². The minimum atomic E-state index is -0.583. The van der Waals surface area contributed by atoms with Crippen LogP contribution in [-0.2, 0) is 9.47 Å². The zero-order chi connectivity index (χ0) is 48.7. The van der Waals surface area contributed by atoms with Crippen molar-refractivity contribution in [2.75, 3.05) is 90.2 Å². The number of aromatic amines is 1. The van der Waals surface area contributed by atoms with E-state index in [0.717, 1.165) is 115 Å². The number of H-pyrrole nitrogens is 1. The van der Waals surface area contributed by atoms with Crippen LogP contribution in [0.1, 0.15) is 32.6 Å². The van der Waals surface area contributed by atoms with Crippen molar-refractivity contribution < 1.29 is 29.2 Å². The number of benzene rings is 2. The number of ether oxygens (including phenoxy) is 4. The SMILES string of the molecule is CCNCC(O)COc1cccc(-c2cc(N(C)C3CCOCC3)nc(-c3ccncc3)n2)c1.CNCC(O)COc1cccc(-c2cc(N(C)C3CCOCC3)nc(-c3cnc4[nH]ccc4c3)n2)c1. The first-order chi connectivity index (χ1) is 34.2. The van der Waals surface area contributed by atoms with Gasteiger partial charge in [-0.2, -0.15) is 0 Å². The van der Waals surface area contributed by atoms with Crippen molar-refractivity contribution in [3.63, 3.8) is 0 Å². The number of aromatic nitrogens is 7. The number of likely N-dealkylation sites (N-methyl/N-ethyl adjacent to an activating group) is 2. The van der Waals surface area contributed by atoms with Crippen LogP contribution >= 0.6 is 0 Å². The molecule has 0 aliphatic carbocycles. The Kier molecular flexibility index (Phi) is 17.6. The average Bonchev–Trinajstić information content (AvgIpc) is 3.90. The highest BCUT2D eigenvalue weighted by Gasteiger charge is 2.24. The molecule has 2 aliphatic heterocycles. The first-order valence-corrected chi connectivity index (χ1v) is 24.2. The Bertz CT molecular complexity index is 2710. The molecule has 9 rings (SSSR count). The Morgan fingerprint density at radius 3 is 1.76 bits per heavy atom. The van der Waals surface area contributed by atoms with Gasteiger partial charge >= 0.3 is 0 Å². The van der Waals surface area contributed by atoms with Crippen LogP contribution in [0.3, 0.4) is 0 Å². The molecule has 7 aromatic rings. The second kappa shape index (κ2) is 24.8. The Labute approximate surface area is 409 Å². The van der Waals surface area contributed by atoms with Gasteiger partial charge in [-0.15, -0.1) is 0 Å². The second-order valence-electron chi connectivity index (χ2n) is 17.5. The van der Waals surface area contributed by atoms with Crippen LogP contribution in [0.4, 0.5) is 11.6 Å². The van der Waals surface area contributed by atoms with Crippen molar-refractivity contribution in [1.82, 2.24) is 45.5 Å². The molecule has 2 saturated heterocycles. The number of hydrogen-bond acceptors (Lipinski definition) is 16. The van der Waals surface area contributed by atoms with E-state index in [2.05, 4.69) is 55.5 Å². The smallest absolute Gasteiger partial charge is 0.163 e. The molecular formula is C53H65N11O6. The summed E-state index contributed by atoms with van der Waals surface area (Å²) < 4.78 is 22.8. The summed E-state index contributed by atoms with van der Waals surface area (Å²) in [6, 6.07) is 28.2. The molecule has 0 amide bonds. The number of hydrogen-bond donors (Lipinski definition) is 5. The van der Waals surface area contributed by atoms with Crippen LogP contribution in [0.2, 0.25) is 0 Å². The molecule has 368 valence electrons. The topological polar surface area (TPSA) is 201 Å². The molecule has 2 fully saturated rings. The summed E-state index contributed by atoms with van der Waals surface area (Å²) in [5, 5.41) is 27.2. The summed E-state index contributed by atoms with van der Waals surface area (Å²) in [5.74, 6) is 4.37. The summed E-state index contributed by atoms with van der Waals surface area (Å²) in [4.78, 5) is 35.9. The number of nitrogens with zero attached hydrogens (tertiary/aromatic N) is 8. The lowest BCUT2D eigenvalue weighted by Gasteiger charge is -2.32. The highest BCUT2D eigenvalue weighted by molar-refractivity contribution is 5.80. The van der Waals surface area contributed by atoms with Gasteiger partial charge in [-0.25, -0.2) is 24.9 Å². The second-order valence-corrected chi connectivity index (χ2v) is 17.5. The fourth-order valence-corrected chi connectivity index (χ4v) is 8.41. The minimum absolute atomic E-state index is 0.208. The number of aliphatic hydroxyl groups excluding tert-OH is 2. The molecule has 0 radical (unpaired) electrons. The van der Waals surface area contributed by atoms with E-state index in [4.69, 9.17) is 38.9 Å². The maximum Gasteiger partial charge on any atom is 0.163 e. The Morgan fingerprint density at radius 2 is 1.21 bits per heavy atom. The van der Waals surface area contributed by atoms with Crippen LogP contribution in [-0.4, -0.2) is 150 Å². The molecule has 17 nitrogen and oxygen atoms in total. The molecule has 70 heavy (non-hydrogen) atoms. The van der Waals surface area contributed by atoms with Gasteiger partial charge in [-0.3, -0.25) is 4.98 Å². The van der Waals surface area contributed by atoms with Gasteiger partial charge in [0.25, 0.3) is 0 Å². The van der Waals surface area contributed by atoms with Crippen molar-refractivity contribution in [2.24, 2.45) is 0 Å². The first-order valence-electron chi connectivity index (χ1n) is 24.2. The third kappa shape index (κ3) is 13.4. The van der Waals surface area contributed by atoms with Gasteiger partial charge in [0.1, 0.15) is 54.2 Å². The van der Waals surface area contributed by atoms with E-state index >= 15 is 0 Å². The van der Waals surface area contributed by atoms with E-state index in [1.54, 1.807) is 25.6 Å². The Morgan fingerprint density at radius 1 is 0.671 bits per heavy atom. The van der Waals surface area contributed by atoms with Crippen LogP contribution in [0.5, 0.6) is 11.5 Å². The fourth-order valence-electron chi connectivity index (χ4n) is 8.41. The fraction of sp³-hybridized carbons (Fsp3) is 0.396. The van der Waals surface area contributed by atoms with Crippen molar-refractivity contribution >= 4 is 22.7 Å². The zero-order valence-electron chi connectivity index (χ0n) is 40.5. The maximum absolute atomic E-state index is 10.1. The van der Waals surface area contributed by atoms with Crippen molar-refractivity contribution in [3.8, 4) is 56.8 Å². The van der Waals surface area contributed by atoms with E-state index in [-0.39, 0.29) is 13.2 Å². The highest BCUT2D eigenvalue weighted by atomic mass is 16.5. The Hall–Kier alpha value is -6.60. The summed E-state index contributed by atoms with van der Waals surface area (Å²) in [7, 11) is 5.97. The molecule has 0 bridgehead atoms. The van der Waals surface area contributed by atoms with E-state index in [1.807, 2.05) is 92.0 Å². The quantitative estimate of drug-likeness (QED) is 0.0593. The Balaban J connectivity index is 0.000000189. The largest absolute Gasteiger partial charge is 0.491 e. The lowest BCUT2D eigenvalue weighted by atomic mass is 10.1.